The van der Waals surface area contributed by atoms with Crippen LogP contribution in [0.1, 0.15) is 75.6 Å². The Hall–Kier alpha value is -2.80. The van der Waals surface area contributed by atoms with E-state index in [2.05, 4.69) is 48.5 Å². The molecular weight excluding hydrogens is 475 g/mol. The second-order valence-electron chi connectivity index (χ2n) is 10.5. The summed E-state index contributed by atoms with van der Waals surface area (Å²) >= 11 is 0. The summed E-state index contributed by atoms with van der Waals surface area (Å²) in [5.74, 6) is 0.998. The molecule has 0 aliphatic carbocycles. The smallest absolute Gasteiger partial charge is 0.380 e. The predicted molar refractivity (Wildman–Crippen MR) is 145 cm³/mol. The zero-order valence-corrected chi connectivity index (χ0v) is 22.3. The molecule has 1 aromatic heterocycles. The third-order valence-corrected chi connectivity index (χ3v) is 7.81. The summed E-state index contributed by atoms with van der Waals surface area (Å²) in [7, 11) is 0. The highest BCUT2D eigenvalue weighted by molar-refractivity contribution is 6.02. The van der Waals surface area contributed by atoms with Gasteiger partial charge in [-0.2, -0.15) is 13.2 Å². The topological polar surface area (TPSA) is 52.1 Å². The van der Waals surface area contributed by atoms with Crippen LogP contribution in [0.15, 0.2) is 48.2 Å². The molecule has 2 saturated heterocycles. The number of nitrogens with zero attached hydrogens (tertiary/aromatic N) is 1. The fourth-order valence-electron chi connectivity index (χ4n) is 5.48. The van der Waals surface area contributed by atoms with Crippen LogP contribution >= 0.6 is 0 Å². The molecule has 4 rings (SSSR count). The van der Waals surface area contributed by atoms with Gasteiger partial charge in [0.2, 0.25) is 0 Å². The summed E-state index contributed by atoms with van der Waals surface area (Å²) in [4.78, 5) is 5.80. The monoisotopic (exact) mass is 513 g/mol. The van der Waals surface area contributed by atoms with Gasteiger partial charge in [0.25, 0.3) is 0 Å². The lowest BCUT2D eigenvalue weighted by atomic mass is 9.86. The van der Waals surface area contributed by atoms with Crippen molar-refractivity contribution in [2.24, 2.45) is 5.92 Å². The second-order valence-corrected chi connectivity index (χ2v) is 10.5. The number of piperidine rings is 1. The second kappa shape index (κ2) is 10.9. The van der Waals surface area contributed by atoms with Crippen LogP contribution in [-0.2, 0) is 4.74 Å². The van der Waals surface area contributed by atoms with Crippen molar-refractivity contribution in [3.05, 3.63) is 65.0 Å². The molecular formula is C30H38F3N3O. The summed E-state index contributed by atoms with van der Waals surface area (Å²) in [5.41, 5.74) is 4.26. The number of likely N-dealkylation sites (tertiary alicyclic amines) is 1. The van der Waals surface area contributed by atoms with E-state index >= 15 is 0 Å². The Morgan fingerprint density at radius 2 is 1.92 bits per heavy atom. The number of ether oxygens (including phenoxy) is 1. The van der Waals surface area contributed by atoms with Gasteiger partial charge < -0.3 is 20.0 Å². The van der Waals surface area contributed by atoms with Crippen LogP contribution in [0.2, 0.25) is 0 Å². The van der Waals surface area contributed by atoms with Crippen molar-refractivity contribution in [3.63, 3.8) is 0 Å². The van der Waals surface area contributed by atoms with E-state index in [0.717, 1.165) is 61.7 Å². The minimum atomic E-state index is -4.58. The number of benzene rings is 1. The van der Waals surface area contributed by atoms with Gasteiger partial charge in [0.15, 0.2) is 0 Å². The van der Waals surface area contributed by atoms with Crippen LogP contribution in [0.25, 0.3) is 16.5 Å². The van der Waals surface area contributed by atoms with E-state index in [-0.39, 0.29) is 12.3 Å². The Morgan fingerprint density at radius 1 is 1.24 bits per heavy atom. The number of nitrogens with one attached hydrogen (secondary N) is 2. The molecule has 3 heterocycles. The summed E-state index contributed by atoms with van der Waals surface area (Å²) in [5, 5.41) is 8.97. The molecule has 0 spiro atoms. The average Bonchev–Trinajstić information content (AvgIpc) is 3.21. The molecule has 37 heavy (non-hydrogen) atoms. The molecule has 2 fully saturated rings. The Balaban J connectivity index is 1.65. The Labute approximate surface area is 217 Å². The van der Waals surface area contributed by atoms with E-state index < -0.39 is 17.5 Å². The third kappa shape index (κ3) is 5.57. The van der Waals surface area contributed by atoms with Crippen LogP contribution in [-0.4, -0.2) is 48.1 Å². The van der Waals surface area contributed by atoms with Crippen LogP contribution < -0.4 is 0 Å². The number of alkyl halides is 3. The zero-order chi connectivity index (χ0) is 26.9. The number of aromatic nitrogens is 1. The zero-order valence-electron chi connectivity index (χ0n) is 22.3. The molecule has 2 aliphatic heterocycles. The first-order valence-corrected chi connectivity index (χ1v) is 13.2. The lowest BCUT2D eigenvalue weighted by Crippen LogP contribution is -2.40. The van der Waals surface area contributed by atoms with Gasteiger partial charge in [-0.15, -0.1) is 0 Å². The highest BCUT2D eigenvalue weighted by Gasteiger charge is 2.36. The number of rotatable bonds is 8. The van der Waals surface area contributed by atoms with Gasteiger partial charge in [-0.1, -0.05) is 39.5 Å². The number of hydrogen-bond acceptors (Lipinski definition) is 3. The molecule has 2 aromatic rings. The first-order valence-electron chi connectivity index (χ1n) is 13.2. The Kier molecular flexibility index (Phi) is 8.02. The van der Waals surface area contributed by atoms with Crippen molar-refractivity contribution in [1.82, 2.24) is 9.88 Å². The number of H-pyrrole nitrogens is 1. The van der Waals surface area contributed by atoms with E-state index in [1.54, 1.807) is 19.9 Å². The van der Waals surface area contributed by atoms with E-state index in [9.17, 15) is 13.2 Å². The summed E-state index contributed by atoms with van der Waals surface area (Å²) < 4.78 is 46.7. The van der Waals surface area contributed by atoms with Crippen molar-refractivity contribution in [1.29, 1.82) is 5.41 Å². The summed E-state index contributed by atoms with van der Waals surface area (Å²) in [6.45, 7) is 15.3. The first-order chi connectivity index (χ1) is 17.5. The van der Waals surface area contributed by atoms with Gasteiger partial charge in [0.05, 0.1) is 18.8 Å². The average molecular weight is 514 g/mol. The van der Waals surface area contributed by atoms with Crippen LogP contribution in [0.5, 0.6) is 0 Å². The van der Waals surface area contributed by atoms with Crippen molar-refractivity contribution in [3.8, 4) is 0 Å². The van der Waals surface area contributed by atoms with E-state index in [4.69, 9.17) is 10.1 Å². The minimum Gasteiger partial charge on any atom is -0.380 e. The molecule has 2 N–H and O–H groups in total. The fourth-order valence-corrected chi connectivity index (χ4v) is 5.48. The SMILES string of the molecule is C=C(C1COC1)N1CCC(c2ccc3[nH]c(C(=C/C)/C=C(\C(=N)CC)C(F)(F)F)c(C(C)C)c3c2)CC1. The van der Waals surface area contributed by atoms with Gasteiger partial charge in [0, 0.05) is 47.0 Å². The van der Waals surface area contributed by atoms with E-state index in [1.807, 2.05) is 0 Å². The number of allylic oxidation sites excluding steroid dienone is 4. The summed E-state index contributed by atoms with van der Waals surface area (Å²) in [6, 6.07) is 6.45. The molecule has 0 atom stereocenters. The maximum atomic E-state index is 13.8. The lowest BCUT2D eigenvalue weighted by Gasteiger charge is -2.40. The minimum absolute atomic E-state index is 0.0238. The van der Waals surface area contributed by atoms with E-state index in [1.165, 1.54) is 11.3 Å². The lowest BCUT2D eigenvalue weighted by molar-refractivity contribution is -0.0862. The molecule has 0 bridgehead atoms. The quantitative estimate of drug-likeness (QED) is 0.278. The van der Waals surface area contributed by atoms with Crippen molar-refractivity contribution in [2.75, 3.05) is 26.3 Å². The van der Waals surface area contributed by atoms with E-state index in [0.29, 0.717) is 23.1 Å². The molecule has 4 nitrogen and oxygen atoms in total. The van der Waals surface area contributed by atoms with Crippen molar-refractivity contribution < 1.29 is 17.9 Å². The highest BCUT2D eigenvalue weighted by atomic mass is 19.4. The van der Waals surface area contributed by atoms with Gasteiger partial charge in [0.1, 0.15) is 0 Å². The third-order valence-electron chi connectivity index (χ3n) is 7.81. The maximum absolute atomic E-state index is 13.8. The molecule has 1 aromatic carbocycles. The van der Waals surface area contributed by atoms with Crippen molar-refractivity contribution >= 4 is 22.2 Å². The van der Waals surface area contributed by atoms with Crippen molar-refractivity contribution in [2.45, 2.75) is 65.0 Å². The van der Waals surface area contributed by atoms with Crippen LogP contribution in [0, 0.1) is 11.3 Å². The van der Waals surface area contributed by atoms with Gasteiger partial charge in [-0.25, -0.2) is 0 Å². The highest BCUT2D eigenvalue weighted by Crippen LogP contribution is 2.39. The molecule has 2 aliphatic rings. The molecule has 7 heteroatoms. The molecule has 0 amide bonds. The van der Waals surface area contributed by atoms with Crippen LogP contribution in [0.3, 0.4) is 0 Å². The fraction of sp³-hybridized carbons (Fsp3) is 0.500. The molecule has 0 saturated carbocycles. The predicted octanol–water partition coefficient (Wildman–Crippen LogP) is 7.95. The number of aromatic amines is 1. The van der Waals surface area contributed by atoms with Gasteiger partial charge in [-0.05, 0) is 72.9 Å². The molecule has 200 valence electrons. The Bertz CT molecular complexity index is 1220. The number of fused-ring (bicyclic) bond motifs is 1. The largest absolute Gasteiger partial charge is 0.418 e. The van der Waals surface area contributed by atoms with Crippen LogP contribution in [0.4, 0.5) is 13.2 Å². The maximum Gasteiger partial charge on any atom is 0.418 e. The number of hydrogen-bond donors (Lipinski definition) is 2. The molecule has 0 radical (unpaired) electrons. The van der Waals surface area contributed by atoms with Gasteiger partial charge >= 0.3 is 6.18 Å². The summed E-state index contributed by atoms with van der Waals surface area (Å²) in [6.07, 6.45) is 0.355. The standard InChI is InChI=1S/C30H38F3N3O/c1-6-20(15-25(26(34)7-2)30(31,32)33)29-28(18(3)4)24-14-22(8-9-27(24)35-29)21-10-12-36(13-11-21)19(5)23-16-37-17-23/h6,8-9,14-15,18,21,23,34-35H,5,7,10-13,16-17H2,1-4H3/b20-6+,25-15+,34-26?. The Morgan fingerprint density at radius 3 is 2.43 bits per heavy atom. The van der Waals surface area contributed by atoms with Gasteiger partial charge in [-0.3, -0.25) is 0 Å². The number of halogens is 3. The first kappa shape index (κ1) is 27.2. The molecule has 0 unspecified atom stereocenters. The normalized spacial score (nSPS) is 18.5.